The molecule has 0 amide bonds. The molecule has 0 radical (unpaired) electrons. The van der Waals surface area contributed by atoms with Crippen LogP contribution in [0.5, 0.6) is 0 Å². The van der Waals surface area contributed by atoms with Crippen molar-refractivity contribution in [2.24, 2.45) is 11.1 Å². The first kappa shape index (κ1) is 12.5. The van der Waals surface area contributed by atoms with Crippen LogP contribution in [-0.4, -0.2) is 16.6 Å². The summed E-state index contributed by atoms with van der Waals surface area (Å²) in [5.41, 5.74) is 2.98. The Morgan fingerprint density at radius 2 is 1.89 bits per heavy atom. The van der Waals surface area contributed by atoms with E-state index in [0.717, 1.165) is 0 Å². The Morgan fingerprint density at radius 1 is 1.26 bits per heavy atom. The number of rotatable bonds is 2. The van der Waals surface area contributed by atoms with Gasteiger partial charge in [0.2, 0.25) is 0 Å². The number of aliphatic carboxylic acids is 1. The fourth-order valence-corrected chi connectivity index (χ4v) is 3.80. The second kappa shape index (κ2) is 3.54. The Hall–Kier alpha value is -1.49. The molecule has 3 rings (SSSR count). The summed E-state index contributed by atoms with van der Waals surface area (Å²) in [6.45, 7) is 0. The van der Waals surface area contributed by atoms with Crippen molar-refractivity contribution in [3.05, 3.63) is 35.6 Å². The SMILES string of the molecule is NC1(C(=O)O)CC2(C1)CC(F)(c1cccc(F)c1)C2. The molecule has 1 aromatic carbocycles. The fourth-order valence-electron chi connectivity index (χ4n) is 3.80. The molecule has 102 valence electrons. The molecule has 3 nitrogen and oxygen atoms in total. The topological polar surface area (TPSA) is 63.3 Å². The minimum atomic E-state index is -1.54. The minimum Gasteiger partial charge on any atom is -0.480 e. The van der Waals surface area contributed by atoms with Crippen LogP contribution in [0.4, 0.5) is 8.78 Å². The molecule has 1 aromatic rings. The molecule has 0 atom stereocenters. The van der Waals surface area contributed by atoms with Gasteiger partial charge in [-0.05, 0) is 48.8 Å². The predicted molar refractivity (Wildman–Crippen MR) is 64.6 cm³/mol. The van der Waals surface area contributed by atoms with Gasteiger partial charge in [0, 0.05) is 0 Å². The maximum absolute atomic E-state index is 14.6. The zero-order chi connectivity index (χ0) is 13.9. The van der Waals surface area contributed by atoms with Crippen LogP contribution in [0.25, 0.3) is 0 Å². The van der Waals surface area contributed by atoms with Crippen molar-refractivity contribution in [1.82, 2.24) is 0 Å². The van der Waals surface area contributed by atoms with Gasteiger partial charge in [-0.15, -0.1) is 0 Å². The van der Waals surface area contributed by atoms with Gasteiger partial charge in [-0.2, -0.15) is 0 Å². The van der Waals surface area contributed by atoms with E-state index in [1.807, 2.05) is 0 Å². The summed E-state index contributed by atoms with van der Waals surface area (Å²) in [6, 6.07) is 5.54. The molecule has 0 aromatic heterocycles. The van der Waals surface area contributed by atoms with Gasteiger partial charge in [-0.3, -0.25) is 4.79 Å². The summed E-state index contributed by atoms with van der Waals surface area (Å²) < 4.78 is 27.7. The Morgan fingerprint density at radius 3 is 2.42 bits per heavy atom. The van der Waals surface area contributed by atoms with Crippen LogP contribution >= 0.6 is 0 Å². The molecular formula is C14H15F2NO2. The van der Waals surface area contributed by atoms with Gasteiger partial charge in [0.1, 0.15) is 17.0 Å². The van der Waals surface area contributed by atoms with Crippen LogP contribution in [0, 0.1) is 11.2 Å². The maximum Gasteiger partial charge on any atom is 0.323 e. The lowest BCUT2D eigenvalue weighted by Gasteiger charge is -2.62. The molecule has 1 spiro atoms. The zero-order valence-corrected chi connectivity index (χ0v) is 10.3. The minimum absolute atomic E-state index is 0.232. The van der Waals surface area contributed by atoms with E-state index in [-0.39, 0.29) is 18.3 Å². The van der Waals surface area contributed by atoms with Crippen LogP contribution in [0.3, 0.4) is 0 Å². The van der Waals surface area contributed by atoms with E-state index >= 15 is 0 Å². The normalized spacial score (nSPS) is 40.6. The quantitative estimate of drug-likeness (QED) is 0.864. The molecule has 0 heterocycles. The number of carbonyl (C=O) groups is 1. The molecule has 2 saturated carbocycles. The van der Waals surface area contributed by atoms with E-state index in [0.29, 0.717) is 18.4 Å². The van der Waals surface area contributed by atoms with Crippen LogP contribution in [-0.2, 0) is 10.5 Å². The number of hydrogen-bond donors (Lipinski definition) is 2. The average Bonchev–Trinajstić information content (AvgIpc) is 2.24. The molecule has 0 saturated heterocycles. The first-order valence-corrected chi connectivity index (χ1v) is 6.24. The fraction of sp³-hybridized carbons (Fsp3) is 0.500. The van der Waals surface area contributed by atoms with Crippen LogP contribution in [0.2, 0.25) is 0 Å². The number of halogens is 2. The Bertz CT molecular complexity index is 544. The molecule has 0 aliphatic heterocycles. The van der Waals surface area contributed by atoms with Crippen LogP contribution in [0.1, 0.15) is 31.2 Å². The van der Waals surface area contributed by atoms with Gasteiger partial charge >= 0.3 is 5.97 Å². The van der Waals surface area contributed by atoms with Crippen molar-refractivity contribution >= 4 is 5.97 Å². The zero-order valence-electron chi connectivity index (χ0n) is 10.3. The van der Waals surface area contributed by atoms with Crippen molar-refractivity contribution < 1.29 is 18.7 Å². The molecule has 2 fully saturated rings. The van der Waals surface area contributed by atoms with Gasteiger partial charge in [0.25, 0.3) is 0 Å². The van der Waals surface area contributed by atoms with Crippen molar-refractivity contribution in [2.45, 2.75) is 36.9 Å². The summed E-state index contributed by atoms with van der Waals surface area (Å²) in [4.78, 5) is 10.9. The summed E-state index contributed by atoms with van der Waals surface area (Å²) in [5, 5.41) is 8.96. The predicted octanol–water partition coefficient (Wildman–Crippen LogP) is 2.35. The summed E-state index contributed by atoms with van der Waals surface area (Å²) in [5.74, 6) is -1.48. The van der Waals surface area contributed by atoms with Gasteiger partial charge in [-0.1, -0.05) is 12.1 Å². The van der Waals surface area contributed by atoms with Crippen molar-refractivity contribution in [3.8, 4) is 0 Å². The molecule has 2 aliphatic carbocycles. The monoisotopic (exact) mass is 267 g/mol. The van der Waals surface area contributed by atoms with Crippen molar-refractivity contribution in [2.75, 3.05) is 0 Å². The summed E-state index contributed by atoms with van der Waals surface area (Å²) in [6.07, 6.45) is 1.07. The smallest absolute Gasteiger partial charge is 0.323 e. The third-order valence-corrected chi connectivity index (χ3v) is 4.46. The number of carboxylic acid groups (broad SMARTS) is 1. The lowest BCUT2D eigenvalue weighted by atomic mass is 9.44. The van der Waals surface area contributed by atoms with E-state index in [9.17, 15) is 13.6 Å². The molecule has 3 N–H and O–H groups in total. The molecule has 19 heavy (non-hydrogen) atoms. The summed E-state index contributed by atoms with van der Waals surface area (Å²) in [7, 11) is 0. The molecule has 0 bridgehead atoms. The number of benzene rings is 1. The number of hydrogen-bond acceptors (Lipinski definition) is 2. The first-order chi connectivity index (χ1) is 8.77. The molecule has 2 aliphatic rings. The largest absolute Gasteiger partial charge is 0.480 e. The van der Waals surface area contributed by atoms with Gasteiger partial charge in [0.05, 0.1) is 0 Å². The Labute approximate surface area is 109 Å². The first-order valence-electron chi connectivity index (χ1n) is 6.24. The number of carboxylic acids is 1. The average molecular weight is 267 g/mol. The van der Waals surface area contributed by atoms with Crippen molar-refractivity contribution in [3.63, 3.8) is 0 Å². The second-order valence-electron chi connectivity index (χ2n) is 6.14. The lowest BCUT2D eigenvalue weighted by Crippen LogP contribution is -2.68. The van der Waals surface area contributed by atoms with E-state index in [4.69, 9.17) is 10.8 Å². The molecule has 5 heteroatoms. The highest BCUT2D eigenvalue weighted by atomic mass is 19.1. The van der Waals surface area contributed by atoms with Gasteiger partial charge in [0.15, 0.2) is 0 Å². The van der Waals surface area contributed by atoms with Gasteiger partial charge in [-0.25, -0.2) is 8.78 Å². The van der Waals surface area contributed by atoms with E-state index in [1.165, 1.54) is 18.2 Å². The third-order valence-electron chi connectivity index (χ3n) is 4.46. The van der Waals surface area contributed by atoms with Crippen LogP contribution in [0.15, 0.2) is 24.3 Å². The van der Waals surface area contributed by atoms with E-state index < -0.39 is 23.0 Å². The lowest BCUT2D eigenvalue weighted by molar-refractivity contribution is -0.180. The Kier molecular flexibility index (Phi) is 2.33. The van der Waals surface area contributed by atoms with Crippen molar-refractivity contribution in [1.29, 1.82) is 0 Å². The number of nitrogens with two attached hydrogens (primary N) is 1. The highest BCUT2D eigenvalue weighted by molar-refractivity contribution is 5.80. The highest BCUT2D eigenvalue weighted by Crippen LogP contribution is 2.67. The molecular weight excluding hydrogens is 252 g/mol. The standard InChI is InChI=1S/C14H15F2NO2/c15-10-3-1-2-9(4-10)13(16)5-12(6-13)7-14(17,8-12)11(18)19/h1-4H,5-8,17H2,(H,18,19). The van der Waals surface area contributed by atoms with E-state index in [1.54, 1.807) is 6.07 Å². The summed E-state index contributed by atoms with van der Waals surface area (Å²) >= 11 is 0. The highest BCUT2D eigenvalue weighted by Gasteiger charge is 2.67. The van der Waals surface area contributed by atoms with Crippen LogP contribution < -0.4 is 5.73 Å². The maximum atomic E-state index is 14.6. The Balaban J connectivity index is 1.72. The van der Waals surface area contributed by atoms with E-state index in [2.05, 4.69) is 0 Å². The number of alkyl halides is 1. The third kappa shape index (κ3) is 1.75. The second-order valence-corrected chi connectivity index (χ2v) is 6.14. The molecule has 0 unspecified atom stereocenters. The van der Waals surface area contributed by atoms with Gasteiger partial charge < -0.3 is 10.8 Å².